The van der Waals surface area contributed by atoms with Crippen LogP contribution >= 0.6 is 33.9 Å². The standard InChI is InChI=1S/C11H15IO3S/c12-10-6-5-9(16-10)8-15-7-3-1-2-4-11(13)14/h5-6H,1-4,7-8H2,(H,13,14). The van der Waals surface area contributed by atoms with Crippen molar-refractivity contribution in [2.45, 2.75) is 32.3 Å². The second-order valence-corrected chi connectivity index (χ2v) is 6.53. The van der Waals surface area contributed by atoms with E-state index in [0.717, 1.165) is 19.3 Å². The molecule has 1 heterocycles. The number of hydrogen-bond donors (Lipinski definition) is 1. The molecule has 90 valence electrons. The van der Waals surface area contributed by atoms with Gasteiger partial charge in [0.15, 0.2) is 0 Å². The molecule has 1 rings (SSSR count). The Balaban J connectivity index is 1.94. The Morgan fingerprint density at radius 2 is 2.19 bits per heavy atom. The first-order valence-electron chi connectivity index (χ1n) is 5.22. The zero-order chi connectivity index (χ0) is 11.8. The fourth-order valence-corrected chi connectivity index (χ4v) is 2.95. The van der Waals surface area contributed by atoms with Gasteiger partial charge in [-0.2, -0.15) is 0 Å². The molecular weight excluding hydrogens is 339 g/mol. The number of halogens is 1. The molecule has 0 aromatic carbocycles. The average Bonchev–Trinajstić information content (AvgIpc) is 2.62. The first-order chi connectivity index (χ1) is 7.68. The molecule has 0 atom stereocenters. The molecule has 1 N–H and O–H groups in total. The van der Waals surface area contributed by atoms with E-state index in [9.17, 15) is 4.79 Å². The highest BCUT2D eigenvalue weighted by atomic mass is 127. The number of aliphatic carboxylic acids is 1. The van der Waals surface area contributed by atoms with Crippen LogP contribution in [0.3, 0.4) is 0 Å². The summed E-state index contributed by atoms with van der Waals surface area (Å²) in [4.78, 5) is 11.5. The molecule has 0 spiro atoms. The van der Waals surface area contributed by atoms with E-state index in [2.05, 4.69) is 34.7 Å². The molecule has 0 aliphatic heterocycles. The van der Waals surface area contributed by atoms with E-state index in [1.807, 2.05) is 0 Å². The maximum Gasteiger partial charge on any atom is 0.303 e. The van der Waals surface area contributed by atoms with E-state index < -0.39 is 5.97 Å². The molecule has 3 nitrogen and oxygen atoms in total. The fourth-order valence-electron chi connectivity index (χ4n) is 1.26. The van der Waals surface area contributed by atoms with Gasteiger partial charge in [-0.15, -0.1) is 11.3 Å². The zero-order valence-electron chi connectivity index (χ0n) is 8.95. The summed E-state index contributed by atoms with van der Waals surface area (Å²) in [5.74, 6) is -0.714. The van der Waals surface area contributed by atoms with Crippen molar-refractivity contribution in [1.82, 2.24) is 0 Å². The molecule has 1 aromatic rings. The summed E-state index contributed by atoms with van der Waals surface area (Å²) in [6.45, 7) is 1.39. The van der Waals surface area contributed by atoms with Crippen LogP contribution in [0.5, 0.6) is 0 Å². The summed E-state index contributed by atoms with van der Waals surface area (Å²) in [5, 5.41) is 8.44. The van der Waals surface area contributed by atoms with Crippen LogP contribution < -0.4 is 0 Å². The van der Waals surface area contributed by atoms with Gasteiger partial charge in [0.05, 0.1) is 9.49 Å². The second-order valence-electron chi connectivity index (χ2n) is 3.46. The predicted molar refractivity (Wildman–Crippen MR) is 72.8 cm³/mol. The summed E-state index contributed by atoms with van der Waals surface area (Å²) in [5.41, 5.74) is 0. The Morgan fingerprint density at radius 3 is 2.81 bits per heavy atom. The number of carbonyl (C=O) groups is 1. The van der Waals surface area contributed by atoms with Gasteiger partial charge >= 0.3 is 5.97 Å². The van der Waals surface area contributed by atoms with E-state index in [4.69, 9.17) is 9.84 Å². The minimum Gasteiger partial charge on any atom is -0.481 e. The molecule has 0 saturated carbocycles. The van der Waals surface area contributed by atoms with Crippen LogP contribution in [0.1, 0.15) is 30.6 Å². The summed E-state index contributed by atoms with van der Waals surface area (Å²) in [7, 11) is 0. The van der Waals surface area contributed by atoms with Crippen molar-refractivity contribution in [2.75, 3.05) is 6.61 Å². The largest absolute Gasteiger partial charge is 0.481 e. The van der Waals surface area contributed by atoms with Gasteiger partial charge in [0.2, 0.25) is 0 Å². The third kappa shape index (κ3) is 6.44. The molecule has 0 aliphatic rings. The molecule has 0 fully saturated rings. The van der Waals surface area contributed by atoms with Crippen LogP contribution in [0.2, 0.25) is 0 Å². The summed E-state index contributed by atoms with van der Waals surface area (Å²) in [6.07, 6.45) is 2.88. The van der Waals surface area contributed by atoms with Crippen LogP contribution in [0.25, 0.3) is 0 Å². The van der Waals surface area contributed by atoms with Gasteiger partial charge in [-0.05, 0) is 47.6 Å². The quantitative estimate of drug-likeness (QED) is 0.574. The molecule has 16 heavy (non-hydrogen) atoms. The molecular formula is C11H15IO3S. The molecule has 5 heteroatoms. The minimum absolute atomic E-state index is 0.267. The van der Waals surface area contributed by atoms with E-state index in [1.165, 1.54) is 7.76 Å². The topological polar surface area (TPSA) is 46.5 Å². The number of unbranched alkanes of at least 4 members (excludes halogenated alkanes) is 2. The molecule has 1 aromatic heterocycles. The van der Waals surface area contributed by atoms with Crippen LogP contribution in [0, 0.1) is 2.88 Å². The highest BCUT2D eigenvalue weighted by Crippen LogP contribution is 2.18. The van der Waals surface area contributed by atoms with Crippen molar-refractivity contribution in [3.63, 3.8) is 0 Å². The van der Waals surface area contributed by atoms with Crippen LogP contribution in [0.15, 0.2) is 12.1 Å². The first kappa shape index (κ1) is 13.9. The second kappa shape index (κ2) is 8.03. The van der Waals surface area contributed by atoms with Gasteiger partial charge in [-0.25, -0.2) is 0 Å². The lowest BCUT2D eigenvalue weighted by atomic mass is 10.2. The molecule has 0 amide bonds. The number of carboxylic acid groups (broad SMARTS) is 1. The molecule has 0 saturated heterocycles. The van der Waals surface area contributed by atoms with Crippen molar-refractivity contribution in [3.05, 3.63) is 19.9 Å². The van der Waals surface area contributed by atoms with Gasteiger partial charge in [0, 0.05) is 17.9 Å². The average molecular weight is 354 g/mol. The number of ether oxygens (including phenoxy) is 1. The summed E-state index contributed by atoms with van der Waals surface area (Å²) < 4.78 is 6.78. The van der Waals surface area contributed by atoms with Gasteiger partial charge in [0.1, 0.15) is 0 Å². The van der Waals surface area contributed by atoms with Crippen molar-refractivity contribution in [3.8, 4) is 0 Å². The Bertz CT molecular complexity index is 325. The Morgan fingerprint density at radius 1 is 1.38 bits per heavy atom. The Hall–Kier alpha value is -0.140. The highest BCUT2D eigenvalue weighted by molar-refractivity contribution is 14.1. The van der Waals surface area contributed by atoms with E-state index in [0.29, 0.717) is 13.2 Å². The van der Waals surface area contributed by atoms with Crippen LogP contribution in [-0.2, 0) is 16.1 Å². The maximum atomic E-state index is 10.2. The molecule has 0 radical (unpaired) electrons. The number of hydrogen-bond acceptors (Lipinski definition) is 3. The van der Waals surface area contributed by atoms with Gasteiger partial charge in [0.25, 0.3) is 0 Å². The van der Waals surface area contributed by atoms with Crippen LogP contribution in [-0.4, -0.2) is 17.7 Å². The summed E-state index contributed by atoms with van der Waals surface area (Å²) >= 11 is 4.04. The third-order valence-electron chi connectivity index (χ3n) is 2.05. The lowest BCUT2D eigenvalue weighted by molar-refractivity contribution is -0.137. The van der Waals surface area contributed by atoms with E-state index in [-0.39, 0.29) is 6.42 Å². The lowest BCUT2D eigenvalue weighted by Gasteiger charge is -2.01. The molecule has 0 bridgehead atoms. The number of carboxylic acids is 1. The number of thiophene rings is 1. The van der Waals surface area contributed by atoms with Gasteiger partial charge < -0.3 is 9.84 Å². The number of rotatable bonds is 8. The minimum atomic E-state index is -0.714. The van der Waals surface area contributed by atoms with Gasteiger partial charge in [-0.3, -0.25) is 4.79 Å². The third-order valence-corrected chi connectivity index (χ3v) is 3.92. The van der Waals surface area contributed by atoms with Crippen molar-refractivity contribution in [1.29, 1.82) is 0 Å². The van der Waals surface area contributed by atoms with E-state index >= 15 is 0 Å². The zero-order valence-corrected chi connectivity index (χ0v) is 11.9. The first-order valence-corrected chi connectivity index (χ1v) is 7.12. The predicted octanol–water partition coefficient (Wildman–Crippen LogP) is 3.51. The Labute approximate surface area is 113 Å². The van der Waals surface area contributed by atoms with Gasteiger partial charge in [-0.1, -0.05) is 6.42 Å². The monoisotopic (exact) mass is 354 g/mol. The van der Waals surface area contributed by atoms with Crippen LogP contribution in [0.4, 0.5) is 0 Å². The smallest absolute Gasteiger partial charge is 0.303 e. The Kier molecular flexibility index (Phi) is 6.98. The molecule has 0 aliphatic carbocycles. The van der Waals surface area contributed by atoms with Crippen molar-refractivity contribution >= 4 is 39.9 Å². The highest BCUT2D eigenvalue weighted by Gasteiger charge is 1.98. The SMILES string of the molecule is O=C(O)CCCCCOCc1ccc(I)s1. The lowest BCUT2D eigenvalue weighted by Crippen LogP contribution is -1.96. The summed E-state index contributed by atoms with van der Waals surface area (Å²) in [6, 6.07) is 4.16. The fraction of sp³-hybridized carbons (Fsp3) is 0.545. The maximum absolute atomic E-state index is 10.2. The van der Waals surface area contributed by atoms with Crippen molar-refractivity contribution in [2.24, 2.45) is 0 Å². The normalized spacial score (nSPS) is 10.6. The molecule has 0 unspecified atom stereocenters. The van der Waals surface area contributed by atoms with E-state index in [1.54, 1.807) is 11.3 Å². The van der Waals surface area contributed by atoms with Crippen molar-refractivity contribution < 1.29 is 14.6 Å².